The molecule has 0 aliphatic carbocycles. The molecular weight excluding hydrogens is 359 g/mol. The number of hydrazine groups is 1. The molecule has 1 fully saturated rings. The first-order valence-electron chi connectivity index (χ1n) is 8.46. The topological polar surface area (TPSA) is 62.4 Å². The summed E-state index contributed by atoms with van der Waals surface area (Å²) in [6.07, 6.45) is -3.98. The number of rotatable bonds is 5. The van der Waals surface area contributed by atoms with Crippen LogP contribution in [0.25, 0.3) is 0 Å². The zero-order chi connectivity index (χ0) is 19.4. The number of methoxy groups -OCH3 is 1. The molecule has 3 rings (SSSR count). The van der Waals surface area contributed by atoms with Gasteiger partial charge in [-0.05, 0) is 35.7 Å². The van der Waals surface area contributed by atoms with Gasteiger partial charge in [0.25, 0.3) is 0 Å². The third-order valence-corrected chi connectivity index (χ3v) is 4.49. The predicted molar refractivity (Wildman–Crippen MR) is 93.7 cm³/mol. The summed E-state index contributed by atoms with van der Waals surface area (Å²) in [6, 6.07) is 12.1. The van der Waals surface area contributed by atoms with Crippen LogP contribution >= 0.6 is 0 Å². The maximum atomic E-state index is 13.0. The minimum absolute atomic E-state index is 0.0358. The lowest BCUT2D eigenvalue weighted by Gasteiger charge is -2.15. The molecule has 1 aliphatic heterocycles. The fourth-order valence-corrected chi connectivity index (χ4v) is 3.06. The Hall–Kier alpha value is -2.58. The van der Waals surface area contributed by atoms with E-state index in [2.05, 4.69) is 16.2 Å². The lowest BCUT2D eigenvalue weighted by Crippen LogP contribution is -2.43. The molecule has 0 radical (unpaired) electrons. The van der Waals surface area contributed by atoms with Gasteiger partial charge in [0.1, 0.15) is 11.8 Å². The molecule has 1 aliphatic rings. The highest BCUT2D eigenvalue weighted by molar-refractivity contribution is 5.82. The van der Waals surface area contributed by atoms with Gasteiger partial charge in [0.15, 0.2) is 0 Å². The summed E-state index contributed by atoms with van der Waals surface area (Å²) in [7, 11) is 1.58. The van der Waals surface area contributed by atoms with Crippen LogP contribution in [0.1, 0.15) is 29.2 Å². The van der Waals surface area contributed by atoms with Crippen molar-refractivity contribution in [3.05, 3.63) is 65.2 Å². The van der Waals surface area contributed by atoms with Crippen molar-refractivity contribution in [2.75, 3.05) is 7.11 Å². The highest BCUT2D eigenvalue weighted by Crippen LogP contribution is 2.32. The summed E-state index contributed by atoms with van der Waals surface area (Å²) in [6.45, 7) is -0.184. The van der Waals surface area contributed by atoms with E-state index in [9.17, 15) is 18.0 Å². The normalized spacial score (nSPS) is 19.7. The van der Waals surface area contributed by atoms with E-state index in [1.807, 2.05) is 24.3 Å². The summed E-state index contributed by atoms with van der Waals surface area (Å²) < 4.78 is 44.3. The van der Waals surface area contributed by atoms with Crippen LogP contribution in [0, 0.1) is 0 Å². The number of carbonyl (C=O) groups is 1. The van der Waals surface area contributed by atoms with Gasteiger partial charge < -0.3 is 10.1 Å². The van der Waals surface area contributed by atoms with Gasteiger partial charge in [-0.2, -0.15) is 13.2 Å². The molecule has 1 saturated heterocycles. The van der Waals surface area contributed by atoms with Crippen molar-refractivity contribution in [3.8, 4) is 5.75 Å². The average molecular weight is 379 g/mol. The van der Waals surface area contributed by atoms with Gasteiger partial charge in [-0.15, -0.1) is 0 Å². The number of hydrogen-bond donors (Lipinski definition) is 3. The fraction of sp³-hybridized carbons (Fsp3) is 0.316. The van der Waals surface area contributed by atoms with Crippen molar-refractivity contribution in [2.24, 2.45) is 0 Å². The van der Waals surface area contributed by atoms with Crippen molar-refractivity contribution in [3.63, 3.8) is 0 Å². The number of nitrogens with one attached hydrogen (secondary N) is 3. The quantitative estimate of drug-likeness (QED) is 0.748. The molecule has 27 heavy (non-hydrogen) atoms. The number of ether oxygens (including phenoxy) is 1. The maximum Gasteiger partial charge on any atom is 0.416 e. The molecule has 0 aromatic heterocycles. The molecule has 2 aromatic rings. The molecule has 1 heterocycles. The molecule has 0 spiro atoms. The summed E-state index contributed by atoms with van der Waals surface area (Å²) in [4.78, 5) is 12.4. The van der Waals surface area contributed by atoms with Crippen LogP contribution in [-0.2, 0) is 17.5 Å². The van der Waals surface area contributed by atoms with Crippen molar-refractivity contribution < 1.29 is 22.7 Å². The molecule has 2 unspecified atom stereocenters. The molecule has 3 N–H and O–H groups in total. The molecule has 2 atom stereocenters. The van der Waals surface area contributed by atoms with E-state index in [-0.39, 0.29) is 24.1 Å². The molecular formula is C19H20F3N3O2. The van der Waals surface area contributed by atoms with E-state index in [0.717, 1.165) is 11.6 Å². The van der Waals surface area contributed by atoms with E-state index >= 15 is 0 Å². The first-order chi connectivity index (χ1) is 12.9. The first-order valence-corrected chi connectivity index (χ1v) is 8.46. The molecule has 1 amide bonds. The number of amides is 1. The smallest absolute Gasteiger partial charge is 0.416 e. The molecule has 0 bridgehead atoms. The average Bonchev–Trinajstić information content (AvgIpc) is 3.16. The van der Waals surface area contributed by atoms with Crippen molar-refractivity contribution in [1.82, 2.24) is 16.2 Å². The Balaban J connectivity index is 1.60. The Labute approximate surface area is 154 Å². The van der Waals surface area contributed by atoms with Crippen LogP contribution in [0.4, 0.5) is 13.2 Å². The second-order valence-corrected chi connectivity index (χ2v) is 6.28. The number of benzene rings is 2. The van der Waals surface area contributed by atoms with Crippen LogP contribution in [0.5, 0.6) is 5.75 Å². The highest BCUT2D eigenvalue weighted by Gasteiger charge is 2.34. The SMILES string of the molecule is COc1cccc(C2CC(C(=O)NCc3ccccc3C(F)(F)F)NN2)c1. The van der Waals surface area contributed by atoms with Gasteiger partial charge in [0.2, 0.25) is 5.91 Å². The van der Waals surface area contributed by atoms with Crippen LogP contribution in [0.15, 0.2) is 48.5 Å². The number of hydrogen-bond acceptors (Lipinski definition) is 4. The van der Waals surface area contributed by atoms with Gasteiger partial charge in [0.05, 0.1) is 12.7 Å². The van der Waals surface area contributed by atoms with E-state index < -0.39 is 17.8 Å². The van der Waals surface area contributed by atoms with Crippen molar-refractivity contribution in [2.45, 2.75) is 31.2 Å². The summed E-state index contributed by atoms with van der Waals surface area (Å²) in [5.74, 6) is 0.357. The number of carbonyl (C=O) groups excluding carboxylic acids is 1. The second-order valence-electron chi connectivity index (χ2n) is 6.28. The number of alkyl halides is 3. The van der Waals surface area contributed by atoms with Gasteiger partial charge in [-0.25, -0.2) is 10.9 Å². The van der Waals surface area contributed by atoms with Crippen LogP contribution in [0.3, 0.4) is 0 Å². The monoisotopic (exact) mass is 379 g/mol. The summed E-state index contributed by atoms with van der Waals surface area (Å²) >= 11 is 0. The molecule has 144 valence electrons. The minimum Gasteiger partial charge on any atom is -0.497 e. The van der Waals surface area contributed by atoms with Crippen molar-refractivity contribution >= 4 is 5.91 Å². The zero-order valence-corrected chi connectivity index (χ0v) is 14.6. The van der Waals surface area contributed by atoms with E-state index in [0.29, 0.717) is 12.2 Å². The Morgan fingerprint density at radius 2 is 1.96 bits per heavy atom. The summed E-state index contributed by atoms with van der Waals surface area (Å²) in [5.41, 5.74) is 6.20. The molecule has 8 heteroatoms. The Bertz CT molecular complexity index is 811. The fourth-order valence-electron chi connectivity index (χ4n) is 3.06. The highest BCUT2D eigenvalue weighted by atomic mass is 19.4. The van der Waals surface area contributed by atoms with Crippen molar-refractivity contribution in [1.29, 1.82) is 0 Å². The first kappa shape index (κ1) is 19.2. The van der Waals surface area contributed by atoms with Crippen LogP contribution in [0.2, 0.25) is 0 Å². The van der Waals surface area contributed by atoms with Crippen LogP contribution < -0.4 is 20.9 Å². The van der Waals surface area contributed by atoms with Gasteiger partial charge in [0, 0.05) is 12.6 Å². The largest absolute Gasteiger partial charge is 0.497 e. The lowest BCUT2D eigenvalue weighted by molar-refractivity contribution is -0.138. The summed E-state index contributed by atoms with van der Waals surface area (Å²) in [5, 5.41) is 2.58. The van der Waals surface area contributed by atoms with E-state index in [1.54, 1.807) is 7.11 Å². The van der Waals surface area contributed by atoms with E-state index in [4.69, 9.17) is 4.74 Å². The maximum absolute atomic E-state index is 13.0. The standard InChI is InChI=1S/C19H20F3N3O2/c1-27-14-7-4-6-12(9-14)16-10-17(25-24-16)18(26)23-11-13-5-2-3-8-15(13)19(20,21)22/h2-9,16-17,24-25H,10-11H2,1H3,(H,23,26). The Kier molecular flexibility index (Phi) is 5.67. The molecule has 0 saturated carbocycles. The van der Waals surface area contributed by atoms with Gasteiger partial charge in [-0.1, -0.05) is 30.3 Å². The minimum atomic E-state index is -4.45. The second kappa shape index (κ2) is 7.98. The lowest BCUT2D eigenvalue weighted by atomic mass is 10.0. The molecule has 2 aromatic carbocycles. The third kappa shape index (κ3) is 4.58. The van der Waals surface area contributed by atoms with Gasteiger partial charge >= 0.3 is 6.18 Å². The molecule has 5 nitrogen and oxygen atoms in total. The van der Waals surface area contributed by atoms with Crippen LogP contribution in [-0.4, -0.2) is 19.1 Å². The Morgan fingerprint density at radius 1 is 1.19 bits per heavy atom. The number of halogens is 3. The van der Waals surface area contributed by atoms with Gasteiger partial charge in [-0.3, -0.25) is 4.79 Å². The third-order valence-electron chi connectivity index (χ3n) is 4.49. The zero-order valence-electron chi connectivity index (χ0n) is 14.6. The van der Waals surface area contributed by atoms with E-state index in [1.165, 1.54) is 18.2 Å². The Morgan fingerprint density at radius 3 is 2.70 bits per heavy atom. The predicted octanol–water partition coefficient (Wildman–Crippen LogP) is 2.94.